The first kappa shape index (κ1) is 12.5. The first-order chi connectivity index (χ1) is 6.07. The van der Waals surface area contributed by atoms with E-state index in [9.17, 15) is 0 Å². The molecule has 2 N–H and O–H groups in total. The highest BCUT2D eigenvalue weighted by Gasteiger charge is 1.92. The molecule has 74 valence electrons. The van der Waals surface area contributed by atoms with Crippen LogP contribution in [0.2, 0.25) is 5.02 Å². The molecule has 0 aliphatic heterocycles. The van der Waals surface area contributed by atoms with Crippen molar-refractivity contribution in [1.29, 1.82) is 0 Å². The Morgan fingerprint density at radius 2 is 1.69 bits per heavy atom. The first-order valence-corrected chi connectivity index (χ1v) is 4.89. The lowest BCUT2D eigenvalue weighted by Gasteiger charge is -1.96. The molecule has 1 nitrogen and oxygen atoms in total. The van der Waals surface area contributed by atoms with Gasteiger partial charge >= 0.3 is 0 Å². The molecule has 1 aromatic rings. The number of rotatable bonds is 1. The van der Waals surface area contributed by atoms with Crippen molar-refractivity contribution in [1.82, 2.24) is 0 Å². The highest BCUT2D eigenvalue weighted by molar-refractivity contribution is 6.31. The minimum absolute atomic E-state index is 0.514. The normalized spacial score (nSPS) is 9.38. The van der Waals surface area contributed by atoms with Gasteiger partial charge in [-0.25, -0.2) is 0 Å². The SMILES string of the molecule is CC(C)C.NCc1ccccc1Cl. The van der Waals surface area contributed by atoms with E-state index in [0.717, 1.165) is 16.5 Å². The van der Waals surface area contributed by atoms with Gasteiger partial charge in [0.2, 0.25) is 0 Å². The summed E-state index contributed by atoms with van der Waals surface area (Å²) < 4.78 is 0. The molecule has 2 heteroatoms. The van der Waals surface area contributed by atoms with Gasteiger partial charge in [0.05, 0.1) is 0 Å². The summed E-state index contributed by atoms with van der Waals surface area (Å²) in [5.74, 6) is 0.833. The Kier molecular flexibility index (Phi) is 6.65. The summed E-state index contributed by atoms with van der Waals surface area (Å²) in [6.07, 6.45) is 0. The summed E-state index contributed by atoms with van der Waals surface area (Å²) in [7, 11) is 0. The highest BCUT2D eigenvalue weighted by atomic mass is 35.5. The van der Waals surface area contributed by atoms with Gasteiger partial charge in [-0.3, -0.25) is 0 Å². The number of halogens is 1. The molecule has 0 bridgehead atoms. The lowest BCUT2D eigenvalue weighted by atomic mass is 10.2. The van der Waals surface area contributed by atoms with Gasteiger partial charge in [-0.05, 0) is 17.5 Å². The molecular weight excluding hydrogens is 182 g/mol. The topological polar surface area (TPSA) is 26.0 Å². The molecule has 0 spiro atoms. The minimum Gasteiger partial charge on any atom is -0.326 e. The summed E-state index contributed by atoms with van der Waals surface area (Å²) in [5, 5.41) is 0.750. The van der Waals surface area contributed by atoms with Crippen LogP contribution in [0.3, 0.4) is 0 Å². The molecule has 0 heterocycles. The molecule has 0 aliphatic rings. The van der Waals surface area contributed by atoms with Gasteiger partial charge in [-0.15, -0.1) is 0 Å². The van der Waals surface area contributed by atoms with E-state index in [1.165, 1.54) is 0 Å². The van der Waals surface area contributed by atoms with Crippen molar-refractivity contribution in [3.63, 3.8) is 0 Å². The van der Waals surface area contributed by atoms with E-state index in [2.05, 4.69) is 20.8 Å². The average Bonchev–Trinajstić information content (AvgIpc) is 2.04. The van der Waals surface area contributed by atoms with Crippen molar-refractivity contribution in [2.75, 3.05) is 0 Å². The van der Waals surface area contributed by atoms with E-state index in [1.807, 2.05) is 24.3 Å². The second kappa shape index (κ2) is 6.93. The standard InChI is InChI=1S/C7H8ClN.C4H10/c8-7-4-2-1-3-6(7)5-9;1-4(2)3/h1-4H,5,9H2;4H,1-3H3. The fourth-order valence-corrected chi connectivity index (χ4v) is 0.877. The summed E-state index contributed by atoms with van der Waals surface area (Å²) in [4.78, 5) is 0. The summed E-state index contributed by atoms with van der Waals surface area (Å²) >= 11 is 5.74. The smallest absolute Gasteiger partial charge is 0.0450 e. The van der Waals surface area contributed by atoms with Crippen LogP contribution in [0.1, 0.15) is 26.3 Å². The molecule has 0 saturated heterocycles. The largest absolute Gasteiger partial charge is 0.326 e. The third-order valence-electron chi connectivity index (χ3n) is 1.18. The third-order valence-corrected chi connectivity index (χ3v) is 1.55. The fraction of sp³-hybridized carbons (Fsp3) is 0.455. The van der Waals surface area contributed by atoms with Crippen molar-refractivity contribution in [3.05, 3.63) is 34.9 Å². The number of benzene rings is 1. The maximum atomic E-state index is 5.74. The zero-order valence-corrected chi connectivity index (χ0v) is 9.31. The lowest BCUT2D eigenvalue weighted by Crippen LogP contribution is -1.95. The number of hydrogen-bond acceptors (Lipinski definition) is 1. The van der Waals surface area contributed by atoms with E-state index in [1.54, 1.807) is 0 Å². The van der Waals surface area contributed by atoms with Crippen LogP contribution in [0.5, 0.6) is 0 Å². The number of hydrogen-bond donors (Lipinski definition) is 1. The molecule has 0 saturated carbocycles. The molecule has 0 atom stereocenters. The predicted octanol–water partition coefficient (Wildman–Crippen LogP) is 3.46. The molecule has 1 rings (SSSR count). The Balaban J connectivity index is 0.000000310. The van der Waals surface area contributed by atoms with Crippen molar-refractivity contribution in [2.45, 2.75) is 27.3 Å². The molecule has 0 radical (unpaired) electrons. The Hall–Kier alpha value is -0.530. The van der Waals surface area contributed by atoms with Gasteiger partial charge in [0, 0.05) is 11.6 Å². The van der Waals surface area contributed by atoms with Crippen LogP contribution in [-0.4, -0.2) is 0 Å². The van der Waals surface area contributed by atoms with E-state index in [-0.39, 0.29) is 0 Å². The maximum absolute atomic E-state index is 5.74. The summed E-state index contributed by atoms with van der Waals surface area (Å²) in [6, 6.07) is 7.57. The van der Waals surface area contributed by atoms with Crippen LogP contribution in [0, 0.1) is 5.92 Å². The summed E-state index contributed by atoms with van der Waals surface area (Å²) in [5.41, 5.74) is 6.37. The van der Waals surface area contributed by atoms with E-state index >= 15 is 0 Å². The van der Waals surface area contributed by atoms with E-state index in [4.69, 9.17) is 17.3 Å². The van der Waals surface area contributed by atoms with Crippen LogP contribution in [0.25, 0.3) is 0 Å². The van der Waals surface area contributed by atoms with Crippen LogP contribution in [0.15, 0.2) is 24.3 Å². The van der Waals surface area contributed by atoms with Crippen LogP contribution in [0.4, 0.5) is 0 Å². The Bertz CT molecular complexity index is 231. The third kappa shape index (κ3) is 6.62. The molecular formula is C11H18ClN. The fourth-order valence-electron chi connectivity index (χ4n) is 0.664. The second-order valence-electron chi connectivity index (χ2n) is 3.53. The molecule has 0 unspecified atom stereocenters. The van der Waals surface area contributed by atoms with Crippen LogP contribution >= 0.6 is 11.6 Å². The Morgan fingerprint density at radius 3 is 2.00 bits per heavy atom. The van der Waals surface area contributed by atoms with Crippen LogP contribution < -0.4 is 5.73 Å². The zero-order valence-electron chi connectivity index (χ0n) is 8.55. The predicted molar refractivity (Wildman–Crippen MR) is 59.9 cm³/mol. The molecule has 0 aliphatic carbocycles. The monoisotopic (exact) mass is 199 g/mol. The van der Waals surface area contributed by atoms with Crippen molar-refractivity contribution in [2.24, 2.45) is 11.7 Å². The van der Waals surface area contributed by atoms with Gasteiger partial charge in [0.25, 0.3) is 0 Å². The van der Waals surface area contributed by atoms with Crippen molar-refractivity contribution in [3.8, 4) is 0 Å². The van der Waals surface area contributed by atoms with Gasteiger partial charge in [0.1, 0.15) is 0 Å². The molecule has 1 aromatic carbocycles. The van der Waals surface area contributed by atoms with Gasteiger partial charge in [0.15, 0.2) is 0 Å². The lowest BCUT2D eigenvalue weighted by molar-refractivity contribution is 0.737. The van der Waals surface area contributed by atoms with Gasteiger partial charge in [-0.2, -0.15) is 0 Å². The van der Waals surface area contributed by atoms with E-state index in [0.29, 0.717) is 6.54 Å². The molecule has 0 aromatic heterocycles. The first-order valence-electron chi connectivity index (χ1n) is 4.51. The van der Waals surface area contributed by atoms with Crippen molar-refractivity contribution < 1.29 is 0 Å². The molecule has 13 heavy (non-hydrogen) atoms. The summed E-state index contributed by atoms with van der Waals surface area (Å²) in [6.45, 7) is 7.01. The average molecular weight is 200 g/mol. The Labute approximate surface area is 85.9 Å². The highest BCUT2D eigenvalue weighted by Crippen LogP contribution is 2.12. The van der Waals surface area contributed by atoms with Crippen LogP contribution in [-0.2, 0) is 6.54 Å². The van der Waals surface area contributed by atoms with Gasteiger partial charge < -0.3 is 5.73 Å². The Morgan fingerprint density at radius 1 is 1.23 bits per heavy atom. The van der Waals surface area contributed by atoms with E-state index < -0.39 is 0 Å². The number of nitrogens with two attached hydrogens (primary N) is 1. The minimum atomic E-state index is 0.514. The van der Waals surface area contributed by atoms with Gasteiger partial charge in [-0.1, -0.05) is 50.6 Å². The zero-order chi connectivity index (χ0) is 10.3. The maximum Gasteiger partial charge on any atom is 0.0450 e. The molecule has 0 fully saturated rings. The second-order valence-corrected chi connectivity index (χ2v) is 3.93. The quantitative estimate of drug-likeness (QED) is 0.737. The van der Waals surface area contributed by atoms with Crippen molar-refractivity contribution >= 4 is 11.6 Å². The molecule has 0 amide bonds.